The van der Waals surface area contributed by atoms with Gasteiger partial charge in [0, 0.05) is 11.0 Å². The van der Waals surface area contributed by atoms with E-state index in [0.717, 1.165) is 29.9 Å². The molecule has 0 heterocycles. The van der Waals surface area contributed by atoms with Crippen LogP contribution >= 0.6 is 15.9 Å². The standard InChI is InChI=1S/C15H24BrNO/c1-11(2)8-17-9-13-7-14(5-6-15(13)16)18-10-12(3)4/h5-7,11-12,17H,8-10H2,1-4H3. The smallest absolute Gasteiger partial charge is 0.119 e. The lowest BCUT2D eigenvalue weighted by Gasteiger charge is -2.12. The van der Waals surface area contributed by atoms with Crippen LogP contribution in [0.3, 0.4) is 0 Å². The largest absolute Gasteiger partial charge is 0.493 e. The molecule has 18 heavy (non-hydrogen) atoms. The van der Waals surface area contributed by atoms with Gasteiger partial charge in [-0.25, -0.2) is 0 Å². The van der Waals surface area contributed by atoms with Gasteiger partial charge in [-0.1, -0.05) is 43.6 Å². The van der Waals surface area contributed by atoms with E-state index in [0.29, 0.717) is 11.8 Å². The molecule has 0 aliphatic rings. The zero-order chi connectivity index (χ0) is 13.5. The van der Waals surface area contributed by atoms with E-state index in [1.54, 1.807) is 0 Å². The molecule has 0 spiro atoms. The lowest BCUT2D eigenvalue weighted by molar-refractivity contribution is 0.270. The molecule has 102 valence electrons. The van der Waals surface area contributed by atoms with Crippen LogP contribution in [-0.4, -0.2) is 13.2 Å². The quantitative estimate of drug-likeness (QED) is 0.813. The van der Waals surface area contributed by atoms with Crippen molar-refractivity contribution >= 4 is 15.9 Å². The highest BCUT2D eigenvalue weighted by atomic mass is 79.9. The predicted octanol–water partition coefficient (Wildman–Crippen LogP) is 4.23. The second-order valence-electron chi connectivity index (χ2n) is 5.48. The third-order valence-electron chi connectivity index (χ3n) is 2.47. The summed E-state index contributed by atoms with van der Waals surface area (Å²) in [4.78, 5) is 0. The van der Waals surface area contributed by atoms with Crippen molar-refractivity contribution in [1.29, 1.82) is 0 Å². The van der Waals surface area contributed by atoms with E-state index in [1.807, 2.05) is 6.07 Å². The van der Waals surface area contributed by atoms with Crippen LogP contribution in [0.5, 0.6) is 5.75 Å². The molecular formula is C15H24BrNO. The molecule has 0 atom stereocenters. The fourth-order valence-electron chi connectivity index (χ4n) is 1.53. The van der Waals surface area contributed by atoms with Gasteiger partial charge >= 0.3 is 0 Å². The fourth-order valence-corrected chi connectivity index (χ4v) is 1.92. The van der Waals surface area contributed by atoms with Crippen LogP contribution in [0, 0.1) is 11.8 Å². The van der Waals surface area contributed by atoms with E-state index < -0.39 is 0 Å². The van der Waals surface area contributed by atoms with Crippen LogP contribution in [0.1, 0.15) is 33.3 Å². The molecule has 0 amide bonds. The first-order chi connectivity index (χ1) is 8.49. The van der Waals surface area contributed by atoms with E-state index in [-0.39, 0.29) is 0 Å². The van der Waals surface area contributed by atoms with E-state index >= 15 is 0 Å². The highest BCUT2D eigenvalue weighted by Crippen LogP contribution is 2.23. The Morgan fingerprint density at radius 3 is 2.50 bits per heavy atom. The second-order valence-corrected chi connectivity index (χ2v) is 6.34. The Hall–Kier alpha value is -0.540. The van der Waals surface area contributed by atoms with E-state index in [1.165, 1.54) is 5.56 Å². The van der Waals surface area contributed by atoms with Gasteiger partial charge in [0.2, 0.25) is 0 Å². The zero-order valence-electron chi connectivity index (χ0n) is 11.8. The Kier molecular flexibility index (Phi) is 6.72. The zero-order valence-corrected chi connectivity index (χ0v) is 13.4. The highest BCUT2D eigenvalue weighted by Gasteiger charge is 2.04. The van der Waals surface area contributed by atoms with E-state index in [9.17, 15) is 0 Å². The Morgan fingerprint density at radius 1 is 1.17 bits per heavy atom. The molecule has 1 aromatic carbocycles. The first-order valence-corrected chi connectivity index (χ1v) is 7.40. The molecule has 0 saturated heterocycles. The lowest BCUT2D eigenvalue weighted by Crippen LogP contribution is -2.19. The van der Waals surface area contributed by atoms with Crippen molar-refractivity contribution in [3.8, 4) is 5.75 Å². The van der Waals surface area contributed by atoms with Crippen LogP contribution in [0.25, 0.3) is 0 Å². The van der Waals surface area contributed by atoms with Crippen LogP contribution in [-0.2, 0) is 6.54 Å². The first-order valence-electron chi connectivity index (χ1n) is 6.61. The molecule has 0 aliphatic heterocycles. The summed E-state index contributed by atoms with van der Waals surface area (Å²) in [5, 5.41) is 3.45. The molecule has 0 aliphatic carbocycles. The summed E-state index contributed by atoms with van der Waals surface area (Å²) in [6.07, 6.45) is 0. The molecule has 2 nitrogen and oxygen atoms in total. The van der Waals surface area contributed by atoms with E-state index in [4.69, 9.17) is 4.74 Å². The number of halogens is 1. The van der Waals surface area contributed by atoms with Gasteiger partial charge < -0.3 is 10.1 Å². The molecule has 0 fully saturated rings. The van der Waals surface area contributed by atoms with Gasteiger partial charge in [-0.05, 0) is 42.1 Å². The molecule has 0 unspecified atom stereocenters. The second kappa shape index (κ2) is 7.80. The summed E-state index contributed by atoms with van der Waals surface area (Å²) in [5.74, 6) is 2.17. The van der Waals surface area contributed by atoms with Crippen molar-refractivity contribution in [2.24, 2.45) is 11.8 Å². The first kappa shape index (κ1) is 15.5. The number of hydrogen-bond acceptors (Lipinski definition) is 2. The van der Waals surface area contributed by atoms with Crippen molar-refractivity contribution in [2.45, 2.75) is 34.2 Å². The number of rotatable bonds is 7. The van der Waals surface area contributed by atoms with Gasteiger partial charge in [-0.2, -0.15) is 0 Å². The Labute approximate surface area is 119 Å². The molecule has 1 aromatic rings. The normalized spacial score (nSPS) is 11.3. The number of hydrogen-bond donors (Lipinski definition) is 1. The van der Waals surface area contributed by atoms with Crippen LogP contribution in [0.4, 0.5) is 0 Å². The minimum atomic E-state index is 0.552. The molecule has 3 heteroatoms. The lowest BCUT2D eigenvalue weighted by atomic mass is 10.2. The van der Waals surface area contributed by atoms with Gasteiger partial charge in [0.15, 0.2) is 0 Å². The van der Waals surface area contributed by atoms with Gasteiger partial charge in [0.1, 0.15) is 5.75 Å². The molecule has 1 N–H and O–H groups in total. The third kappa shape index (κ3) is 5.87. The number of nitrogens with one attached hydrogen (secondary N) is 1. The molecule has 0 saturated carbocycles. The Morgan fingerprint density at radius 2 is 1.89 bits per heavy atom. The molecular weight excluding hydrogens is 290 g/mol. The summed E-state index contributed by atoms with van der Waals surface area (Å²) in [6, 6.07) is 6.18. The Bertz CT molecular complexity index is 364. The molecule has 0 radical (unpaired) electrons. The van der Waals surface area contributed by atoms with Crippen molar-refractivity contribution in [1.82, 2.24) is 5.32 Å². The van der Waals surface area contributed by atoms with Crippen molar-refractivity contribution < 1.29 is 4.74 Å². The van der Waals surface area contributed by atoms with Gasteiger partial charge in [-0.15, -0.1) is 0 Å². The molecule has 0 bridgehead atoms. The SMILES string of the molecule is CC(C)CNCc1cc(OCC(C)C)ccc1Br. The predicted molar refractivity (Wildman–Crippen MR) is 81.0 cm³/mol. The monoisotopic (exact) mass is 313 g/mol. The number of ether oxygens (including phenoxy) is 1. The van der Waals surface area contributed by atoms with Gasteiger partial charge in [0.05, 0.1) is 6.61 Å². The average molecular weight is 314 g/mol. The van der Waals surface area contributed by atoms with Crippen molar-refractivity contribution in [2.75, 3.05) is 13.2 Å². The van der Waals surface area contributed by atoms with Crippen LogP contribution < -0.4 is 10.1 Å². The maximum absolute atomic E-state index is 5.74. The van der Waals surface area contributed by atoms with Gasteiger partial charge in [-0.3, -0.25) is 0 Å². The maximum Gasteiger partial charge on any atom is 0.119 e. The molecule has 1 rings (SSSR count). The van der Waals surface area contributed by atoms with Crippen LogP contribution in [0.15, 0.2) is 22.7 Å². The van der Waals surface area contributed by atoms with Crippen molar-refractivity contribution in [3.63, 3.8) is 0 Å². The summed E-state index contributed by atoms with van der Waals surface area (Å²) < 4.78 is 6.88. The minimum Gasteiger partial charge on any atom is -0.493 e. The highest BCUT2D eigenvalue weighted by molar-refractivity contribution is 9.10. The summed E-state index contributed by atoms with van der Waals surface area (Å²) >= 11 is 3.58. The summed E-state index contributed by atoms with van der Waals surface area (Å²) in [6.45, 7) is 11.4. The number of benzene rings is 1. The summed E-state index contributed by atoms with van der Waals surface area (Å²) in [7, 11) is 0. The third-order valence-corrected chi connectivity index (χ3v) is 3.24. The van der Waals surface area contributed by atoms with Crippen LogP contribution in [0.2, 0.25) is 0 Å². The average Bonchev–Trinajstić information content (AvgIpc) is 2.29. The minimum absolute atomic E-state index is 0.552. The Balaban J connectivity index is 2.57. The molecule has 0 aromatic heterocycles. The summed E-state index contributed by atoms with van der Waals surface area (Å²) in [5.41, 5.74) is 1.25. The topological polar surface area (TPSA) is 21.3 Å². The maximum atomic E-state index is 5.74. The fraction of sp³-hybridized carbons (Fsp3) is 0.600. The van der Waals surface area contributed by atoms with E-state index in [2.05, 4.69) is 61.1 Å². The van der Waals surface area contributed by atoms with Gasteiger partial charge in [0.25, 0.3) is 0 Å². The van der Waals surface area contributed by atoms with Crippen molar-refractivity contribution in [3.05, 3.63) is 28.2 Å².